The number of carbonyl (C=O) groups is 2. The molecule has 0 radical (unpaired) electrons. The number of carbonyl (C=O) groups excluding carboxylic acids is 2. The van der Waals surface area contributed by atoms with Crippen molar-refractivity contribution in [1.29, 1.82) is 0 Å². The summed E-state index contributed by atoms with van der Waals surface area (Å²) in [6.45, 7) is 0. The van der Waals surface area contributed by atoms with Crippen LogP contribution in [0.25, 0.3) is 11.4 Å². The number of benzene rings is 3. The molecule has 4 rings (SSSR count). The first-order valence-electron chi connectivity index (χ1n) is 9.94. The maximum Gasteiger partial charge on any atom is 0.326 e. The van der Waals surface area contributed by atoms with E-state index in [0.29, 0.717) is 5.56 Å². The van der Waals surface area contributed by atoms with Crippen molar-refractivity contribution in [1.82, 2.24) is 15.0 Å². The Morgan fingerprint density at radius 3 is 1.47 bits per heavy atom. The van der Waals surface area contributed by atoms with Crippen molar-refractivity contribution < 1.29 is 18.4 Å². The minimum atomic E-state index is -0.808. The van der Waals surface area contributed by atoms with Gasteiger partial charge in [0.15, 0.2) is 5.82 Å². The maximum atomic E-state index is 13.8. The fourth-order valence-electron chi connectivity index (χ4n) is 2.84. The second-order valence-corrected chi connectivity index (χ2v) is 6.79. The molecule has 9 nitrogen and oxygen atoms in total. The Hall–Kier alpha value is -4.93. The summed E-state index contributed by atoms with van der Waals surface area (Å²) in [4.78, 5) is 37.1. The van der Waals surface area contributed by atoms with E-state index >= 15 is 0 Å². The summed E-state index contributed by atoms with van der Waals surface area (Å²) in [7, 11) is 0. The van der Waals surface area contributed by atoms with Gasteiger partial charge in [0, 0.05) is 5.56 Å². The van der Waals surface area contributed by atoms with Crippen LogP contribution in [0.4, 0.5) is 41.6 Å². The molecule has 0 bridgehead atoms. The first-order chi connectivity index (χ1) is 16.5. The second kappa shape index (κ2) is 10.1. The Kier molecular flexibility index (Phi) is 6.63. The zero-order valence-electron chi connectivity index (χ0n) is 17.4. The lowest BCUT2D eigenvalue weighted by atomic mass is 10.2. The third kappa shape index (κ3) is 5.65. The molecule has 1 heterocycles. The van der Waals surface area contributed by atoms with Crippen molar-refractivity contribution in [2.75, 3.05) is 21.3 Å². The minimum Gasteiger partial charge on any atom is -0.305 e. The number of aromatic nitrogens is 3. The van der Waals surface area contributed by atoms with Gasteiger partial charge < -0.3 is 10.6 Å². The molecule has 170 valence electrons. The molecule has 11 heteroatoms. The fraction of sp³-hybridized carbons (Fsp3) is 0. The normalized spacial score (nSPS) is 10.3. The van der Waals surface area contributed by atoms with Crippen molar-refractivity contribution in [3.63, 3.8) is 0 Å². The van der Waals surface area contributed by atoms with E-state index < -0.39 is 23.7 Å². The second-order valence-electron chi connectivity index (χ2n) is 6.79. The first-order valence-corrected chi connectivity index (χ1v) is 9.94. The van der Waals surface area contributed by atoms with Crippen LogP contribution >= 0.6 is 0 Å². The summed E-state index contributed by atoms with van der Waals surface area (Å²) in [5.74, 6) is -1.50. The molecule has 4 N–H and O–H groups in total. The molecular formula is C23H17F2N7O2. The van der Waals surface area contributed by atoms with E-state index in [1.54, 1.807) is 42.5 Å². The number of nitrogens with one attached hydrogen (secondary N) is 4. The molecule has 0 atom stereocenters. The van der Waals surface area contributed by atoms with Crippen LogP contribution in [0.2, 0.25) is 0 Å². The highest BCUT2D eigenvalue weighted by Gasteiger charge is 2.15. The lowest BCUT2D eigenvalue weighted by Crippen LogP contribution is -2.24. The maximum absolute atomic E-state index is 13.8. The number of hydrogen-bond acceptors (Lipinski definition) is 5. The first kappa shape index (κ1) is 22.3. The Balaban J connectivity index is 1.57. The van der Waals surface area contributed by atoms with Crippen LogP contribution in [0.3, 0.4) is 0 Å². The fourth-order valence-corrected chi connectivity index (χ4v) is 2.84. The Labute approximate surface area is 192 Å². The average Bonchev–Trinajstić information content (AvgIpc) is 2.82. The number of urea groups is 2. The molecule has 1 aromatic heterocycles. The van der Waals surface area contributed by atoms with Crippen LogP contribution in [0.5, 0.6) is 0 Å². The van der Waals surface area contributed by atoms with Gasteiger partial charge >= 0.3 is 12.1 Å². The summed E-state index contributed by atoms with van der Waals surface area (Å²) >= 11 is 0. The van der Waals surface area contributed by atoms with Crippen LogP contribution in [-0.2, 0) is 0 Å². The molecule has 0 aliphatic rings. The quantitative estimate of drug-likeness (QED) is 0.329. The zero-order valence-corrected chi connectivity index (χ0v) is 17.4. The molecule has 0 aliphatic heterocycles. The molecule has 0 spiro atoms. The summed E-state index contributed by atoms with van der Waals surface area (Å²) in [5, 5.41) is 9.48. The van der Waals surface area contributed by atoms with Gasteiger partial charge in [0.05, 0.1) is 11.4 Å². The van der Waals surface area contributed by atoms with Crippen molar-refractivity contribution in [3.05, 3.63) is 90.5 Å². The average molecular weight is 461 g/mol. The minimum absolute atomic E-state index is 0.0417. The number of hydrogen-bond donors (Lipinski definition) is 4. The summed E-state index contributed by atoms with van der Waals surface area (Å²) in [6.07, 6.45) is 0. The number of para-hydroxylation sites is 2. The van der Waals surface area contributed by atoms with Crippen molar-refractivity contribution in [2.24, 2.45) is 0 Å². The predicted molar refractivity (Wildman–Crippen MR) is 123 cm³/mol. The van der Waals surface area contributed by atoms with Gasteiger partial charge in [0.2, 0.25) is 11.9 Å². The molecular weight excluding hydrogens is 444 g/mol. The highest BCUT2D eigenvalue weighted by atomic mass is 19.1. The van der Waals surface area contributed by atoms with Crippen LogP contribution in [-0.4, -0.2) is 27.0 Å². The van der Waals surface area contributed by atoms with Crippen molar-refractivity contribution >= 4 is 35.3 Å². The smallest absolute Gasteiger partial charge is 0.305 e. The summed E-state index contributed by atoms with van der Waals surface area (Å²) < 4.78 is 27.6. The van der Waals surface area contributed by atoms with Crippen molar-refractivity contribution in [2.45, 2.75) is 0 Å². The van der Waals surface area contributed by atoms with Gasteiger partial charge in [-0.3, -0.25) is 10.6 Å². The van der Waals surface area contributed by atoms with Gasteiger partial charge in [-0.05, 0) is 24.3 Å². The third-order valence-corrected chi connectivity index (χ3v) is 4.36. The number of halogens is 2. The lowest BCUT2D eigenvalue weighted by Gasteiger charge is -2.11. The Bertz CT molecular complexity index is 1260. The monoisotopic (exact) mass is 461 g/mol. The van der Waals surface area contributed by atoms with E-state index in [4.69, 9.17) is 0 Å². The van der Waals surface area contributed by atoms with Crippen molar-refractivity contribution in [3.8, 4) is 11.4 Å². The van der Waals surface area contributed by atoms with Gasteiger partial charge in [-0.15, -0.1) is 0 Å². The molecule has 0 saturated carbocycles. The topological polar surface area (TPSA) is 121 Å². The van der Waals surface area contributed by atoms with Gasteiger partial charge in [0.25, 0.3) is 0 Å². The molecule has 0 aliphatic carbocycles. The van der Waals surface area contributed by atoms with Gasteiger partial charge in [-0.2, -0.15) is 15.0 Å². The van der Waals surface area contributed by atoms with E-state index in [0.717, 1.165) is 0 Å². The highest BCUT2D eigenvalue weighted by molar-refractivity contribution is 6.00. The summed E-state index contributed by atoms with van der Waals surface area (Å²) in [5.41, 5.74) is 0.500. The van der Waals surface area contributed by atoms with E-state index in [2.05, 4.69) is 36.2 Å². The Morgan fingerprint density at radius 2 is 1.00 bits per heavy atom. The standard InChI is InChI=1S/C23H17F2N7O2/c24-15-10-4-6-12-17(15)26-22(33)31-20-28-19(14-8-2-1-3-9-14)29-21(30-20)32-23(34)27-18-13-7-5-11-16(18)25/h1-13H,(H4,26,27,28,29,30,31,32,33,34). The Morgan fingerprint density at radius 1 is 0.559 bits per heavy atom. The van der Waals surface area contributed by atoms with E-state index in [9.17, 15) is 18.4 Å². The SMILES string of the molecule is O=C(Nc1nc(NC(=O)Nc2ccccc2F)nc(-c2ccccc2)n1)Nc1ccccc1F. The number of anilines is 4. The molecule has 0 fully saturated rings. The number of rotatable bonds is 5. The van der Waals surface area contributed by atoms with Crippen LogP contribution < -0.4 is 21.3 Å². The molecule has 4 amide bonds. The van der Waals surface area contributed by atoms with E-state index in [1.165, 1.54) is 36.4 Å². The molecule has 34 heavy (non-hydrogen) atoms. The van der Waals surface area contributed by atoms with E-state index in [-0.39, 0.29) is 29.1 Å². The lowest BCUT2D eigenvalue weighted by molar-refractivity contribution is 0.261. The third-order valence-electron chi connectivity index (χ3n) is 4.36. The molecule has 0 unspecified atom stereocenters. The predicted octanol–water partition coefficient (Wildman–Crippen LogP) is 5.10. The molecule has 3 aromatic carbocycles. The van der Waals surface area contributed by atoms with Gasteiger partial charge in [-0.1, -0.05) is 54.6 Å². The van der Waals surface area contributed by atoms with Gasteiger partial charge in [-0.25, -0.2) is 18.4 Å². The zero-order chi connectivity index (χ0) is 23.9. The van der Waals surface area contributed by atoms with Crippen LogP contribution in [0.1, 0.15) is 0 Å². The van der Waals surface area contributed by atoms with Gasteiger partial charge in [0.1, 0.15) is 11.6 Å². The summed E-state index contributed by atoms with van der Waals surface area (Å²) in [6, 6.07) is 18.4. The molecule has 0 saturated heterocycles. The largest absolute Gasteiger partial charge is 0.326 e. The van der Waals surface area contributed by atoms with Crippen LogP contribution in [0, 0.1) is 11.6 Å². The number of amides is 4. The number of nitrogens with zero attached hydrogens (tertiary/aromatic N) is 3. The van der Waals surface area contributed by atoms with E-state index in [1.807, 2.05) is 0 Å². The molecule has 4 aromatic rings. The highest BCUT2D eigenvalue weighted by Crippen LogP contribution is 2.19. The van der Waals surface area contributed by atoms with Crippen LogP contribution in [0.15, 0.2) is 78.9 Å².